The first-order valence-electron chi connectivity index (χ1n) is 8.38. The SMILES string of the molecule is CS(=O)(=O)/C(=C/c1ccccc1)COC(=O)NC(Cc1ccccc1)C(=O)F. The van der Waals surface area contributed by atoms with Gasteiger partial charge in [-0.05, 0) is 17.2 Å². The normalized spacial score (nSPS) is 12.9. The quantitative estimate of drug-likeness (QED) is 0.682. The summed E-state index contributed by atoms with van der Waals surface area (Å²) in [6, 6.07) is 14.1. The third-order valence-electron chi connectivity index (χ3n) is 3.80. The summed E-state index contributed by atoms with van der Waals surface area (Å²) in [4.78, 5) is 23.0. The third-order valence-corrected chi connectivity index (χ3v) is 4.99. The number of halogens is 1. The number of nitrogens with one attached hydrogen (secondary N) is 1. The molecule has 0 bridgehead atoms. The van der Waals surface area contributed by atoms with Crippen LogP contribution in [0.1, 0.15) is 11.1 Å². The first-order chi connectivity index (χ1) is 13.3. The predicted octanol–water partition coefficient (Wildman–Crippen LogP) is 2.91. The summed E-state index contributed by atoms with van der Waals surface area (Å²) in [7, 11) is -3.64. The minimum Gasteiger partial charge on any atom is -0.444 e. The smallest absolute Gasteiger partial charge is 0.408 e. The Bertz CT molecular complexity index is 943. The topological polar surface area (TPSA) is 89.5 Å². The van der Waals surface area contributed by atoms with Crippen molar-refractivity contribution in [1.82, 2.24) is 5.32 Å². The van der Waals surface area contributed by atoms with Crippen LogP contribution in [0.3, 0.4) is 0 Å². The van der Waals surface area contributed by atoms with Crippen LogP contribution in [-0.2, 0) is 25.8 Å². The molecule has 0 aliphatic rings. The molecule has 0 radical (unpaired) electrons. The van der Waals surface area contributed by atoms with Crippen LogP contribution in [0.2, 0.25) is 0 Å². The zero-order chi connectivity index (χ0) is 20.6. The largest absolute Gasteiger partial charge is 0.444 e. The van der Waals surface area contributed by atoms with E-state index in [9.17, 15) is 22.4 Å². The number of carbonyl (C=O) groups excluding carboxylic acids is 2. The van der Waals surface area contributed by atoms with Gasteiger partial charge in [0.15, 0.2) is 9.84 Å². The lowest BCUT2D eigenvalue weighted by Crippen LogP contribution is -2.41. The highest BCUT2D eigenvalue weighted by Crippen LogP contribution is 2.13. The van der Waals surface area contributed by atoms with E-state index >= 15 is 0 Å². The van der Waals surface area contributed by atoms with Gasteiger partial charge in [-0.15, -0.1) is 0 Å². The van der Waals surface area contributed by atoms with Crippen molar-refractivity contribution in [1.29, 1.82) is 0 Å². The predicted molar refractivity (Wildman–Crippen MR) is 104 cm³/mol. The summed E-state index contributed by atoms with van der Waals surface area (Å²) < 4.78 is 42.0. The van der Waals surface area contributed by atoms with Crippen LogP contribution in [0, 0.1) is 0 Å². The fraction of sp³-hybridized carbons (Fsp3) is 0.200. The molecular formula is C20H20FNO5S. The standard InChI is InChI=1S/C20H20FNO5S/c1-28(25,26)17(12-15-8-4-2-5-9-15)14-27-20(24)22-18(19(21)23)13-16-10-6-3-7-11-16/h2-12,18H,13-14H2,1H3,(H,22,24)/b17-12+. The molecule has 0 aliphatic carbocycles. The average Bonchev–Trinajstić information content (AvgIpc) is 2.65. The summed E-state index contributed by atoms with van der Waals surface area (Å²) in [6.07, 6.45) is 1.23. The fourth-order valence-electron chi connectivity index (χ4n) is 2.35. The maximum absolute atomic E-state index is 13.3. The molecule has 0 heterocycles. The molecule has 1 amide bonds. The Kier molecular flexibility index (Phi) is 7.45. The summed E-state index contributed by atoms with van der Waals surface area (Å²) >= 11 is 0. The number of amides is 1. The molecule has 8 heteroatoms. The lowest BCUT2D eigenvalue weighted by Gasteiger charge is -2.14. The fourth-order valence-corrected chi connectivity index (χ4v) is 2.97. The van der Waals surface area contributed by atoms with Gasteiger partial charge in [-0.2, -0.15) is 4.39 Å². The van der Waals surface area contributed by atoms with Crippen molar-refractivity contribution in [3.63, 3.8) is 0 Å². The maximum atomic E-state index is 13.3. The Morgan fingerprint density at radius 3 is 2.18 bits per heavy atom. The molecule has 0 saturated carbocycles. The van der Waals surface area contributed by atoms with E-state index in [1.807, 2.05) is 0 Å². The number of carbonyl (C=O) groups is 2. The number of hydrogen-bond donors (Lipinski definition) is 1. The number of sulfone groups is 1. The molecule has 1 N–H and O–H groups in total. The van der Waals surface area contributed by atoms with Crippen molar-refractivity contribution < 1.29 is 27.1 Å². The van der Waals surface area contributed by atoms with E-state index in [1.165, 1.54) is 6.08 Å². The molecule has 1 unspecified atom stereocenters. The first-order valence-corrected chi connectivity index (χ1v) is 10.3. The van der Waals surface area contributed by atoms with Gasteiger partial charge < -0.3 is 10.1 Å². The number of ether oxygens (including phenoxy) is 1. The monoisotopic (exact) mass is 405 g/mol. The molecule has 0 saturated heterocycles. The molecule has 0 fully saturated rings. The second kappa shape index (κ2) is 9.80. The van der Waals surface area contributed by atoms with Crippen LogP contribution in [0.5, 0.6) is 0 Å². The molecule has 0 aromatic heterocycles. The van der Waals surface area contributed by atoms with Crippen molar-refractivity contribution >= 4 is 28.0 Å². The van der Waals surface area contributed by atoms with Crippen molar-refractivity contribution in [2.24, 2.45) is 0 Å². The highest BCUT2D eigenvalue weighted by molar-refractivity contribution is 7.94. The molecule has 2 aromatic rings. The lowest BCUT2D eigenvalue weighted by atomic mass is 10.1. The summed E-state index contributed by atoms with van der Waals surface area (Å²) in [5.74, 6) is 0. The van der Waals surface area contributed by atoms with Crippen molar-refractivity contribution in [3.8, 4) is 0 Å². The Morgan fingerprint density at radius 1 is 1.07 bits per heavy atom. The summed E-state index contributed by atoms with van der Waals surface area (Å²) in [6.45, 7) is -0.544. The third kappa shape index (κ3) is 6.96. The van der Waals surface area contributed by atoms with E-state index in [-0.39, 0.29) is 11.3 Å². The van der Waals surface area contributed by atoms with E-state index < -0.39 is 34.6 Å². The number of rotatable bonds is 8. The Labute approximate surface area is 162 Å². The molecule has 148 valence electrons. The van der Waals surface area contributed by atoms with Gasteiger partial charge in [-0.3, -0.25) is 4.79 Å². The second-order valence-corrected chi connectivity index (χ2v) is 8.13. The minimum atomic E-state index is -3.64. The van der Waals surface area contributed by atoms with E-state index in [0.29, 0.717) is 11.1 Å². The van der Waals surface area contributed by atoms with E-state index in [1.54, 1.807) is 60.7 Å². The highest BCUT2D eigenvalue weighted by Gasteiger charge is 2.22. The van der Waals surface area contributed by atoms with Crippen molar-refractivity contribution in [2.45, 2.75) is 12.5 Å². The van der Waals surface area contributed by atoms with Gasteiger partial charge in [0.2, 0.25) is 0 Å². The van der Waals surface area contributed by atoms with Crippen LogP contribution in [0.4, 0.5) is 9.18 Å². The molecule has 0 aliphatic heterocycles. The van der Waals surface area contributed by atoms with Crippen LogP contribution in [0.25, 0.3) is 6.08 Å². The van der Waals surface area contributed by atoms with Gasteiger partial charge in [0, 0.05) is 12.7 Å². The molecule has 1 atom stereocenters. The Morgan fingerprint density at radius 2 is 1.64 bits per heavy atom. The molecule has 28 heavy (non-hydrogen) atoms. The Hall–Kier alpha value is -3.00. The van der Waals surface area contributed by atoms with E-state index in [2.05, 4.69) is 5.32 Å². The number of hydrogen-bond acceptors (Lipinski definition) is 5. The average molecular weight is 405 g/mol. The second-order valence-electron chi connectivity index (χ2n) is 6.06. The van der Waals surface area contributed by atoms with Gasteiger partial charge in [-0.1, -0.05) is 60.7 Å². The van der Waals surface area contributed by atoms with E-state index in [0.717, 1.165) is 6.26 Å². The molecule has 6 nitrogen and oxygen atoms in total. The van der Waals surface area contributed by atoms with Crippen LogP contribution >= 0.6 is 0 Å². The van der Waals surface area contributed by atoms with Crippen molar-refractivity contribution in [3.05, 3.63) is 76.7 Å². The van der Waals surface area contributed by atoms with Gasteiger partial charge >= 0.3 is 12.1 Å². The lowest BCUT2D eigenvalue weighted by molar-refractivity contribution is -0.131. The van der Waals surface area contributed by atoms with Gasteiger partial charge in [0.1, 0.15) is 12.6 Å². The number of alkyl carbamates (subject to hydrolysis) is 1. The van der Waals surface area contributed by atoms with Crippen LogP contribution in [-0.4, -0.2) is 39.5 Å². The molecule has 2 rings (SSSR count). The van der Waals surface area contributed by atoms with Gasteiger partial charge in [0.05, 0.1) is 4.91 Å². The molecular weight excluding hydrogens is 385 g/mol. The zero-order valence-corrected chi connectivity index (χ0v) is 16.0. The van der Waals surface area contributed by atoms with E-state index in [4.69, 9.17) is 4.74 Å². The summed E-state index contributed by atoms with van der Waals surface area (Å²) in [5.41, 5.74) is 1.27. The maximum Gasteiger partial charge on any atom is 0.408 e. The van der Waals surface area contributed by atoms with Crippen LogP contribution in [0.15, 0.2) is 65.6 Å². The van der Waals surface area contributed by atoms with Gasteiger partial charge in [0.25, 0.3) is 0 Å². The highest BCUT2D eigenvalue weighted by atomic mass is 32.2. The molecule has 2 aromatic carbocycles. The van der Waals surface area contributed by atoms with Crippen LogP contribution < -0.4 is 5.32 Å². The van der Waals surface area contributed by atoms with Crippen molar-refractivity contribution in [2.75, 3.05) is 12.9 Å². The summed E-state index contributed by atoms with van der Waals surface area (Å²) in [5, 5.41) is 2.13. The zero-order valence-electron chi connectivity index (χ0n) is 15.2. The first kappa shape index (κ1) is 21.3. The van der Waals surface area contributed by atoms with Gasteiger partial charge in [-0.25, -0.2) is 13.2 Å². The molecule has 0 spiro atoms. The Balaban J connectivity index is 2.03. The number of benzene rings is 2. The minimum absolute atomic E-state index is 0.0515.